The first-order chi connectivity index (χ1) is 8.42. The summed E-state index contributed by atoms with van der Waals surface area (Å²) in [5.41, 5.74) is 0. The Bertz CT molecular complexity index is 439. The third-order valence-corrected chi connectivity index (χ3v) is 17.6. The molecule has 0 aromatic heterocycles. The molecule has 1 aliphatic rings. The Morgan fingerprint density at radius 3 is 1.76 bits per heavy atom. The van der Waals surface area contributed by atoms with Crippen LogP contribution in [0.25, 0.3) is 0 Å². The molecule has 86 valence electrons. The van der Waals surface area contributed by atoms with Crippen molar-refractivity contribution in [3.05, 3.63) is 60.7 Å². The Hall–Kier alpha value is -0.707. The maximum absolute atomic E-state index is 3.85. The van der Waals surface area contributed by atoms with Crippen molar-refractivity contribution in [3.8, 4) is 0 Å². The second-order valence-electron chi connectivity index (χ2n) is 4.19. The summed E-state index contributed by atoms with van der Waals surface area (Å²) < 4.78 is 6.91. The Kier molecular flexibility index (Phi) is 3.27. The van der Waals surface area contributed by atoms with E-state index in [1.54, 1.807) is 0 Å². The van der Waals surface area contributed by atoms with Crippen molar-refractivity contribution in [1.82, 2.24) is 4.27 Å². The first kappa shape index (κ1) is 11.4. The van der Waals surface area contributed by atoms with E-state index in [-0.39, 0.29) is 0 Å². The molecule has 0 unspecified atom stereocenters. The number of hydrogen-bond donors (Lipinski definition) is 1. The van der Waals surface area contributed by atoms with E-state index in [0.29, 0.717) is 0 Å². The summed E-state index contributed by atoms with van der Waals surface area (Å²) in [5.74, 6) is 1.24. The van der Waals surface area contributed by atoms with Crippen molar-refractivity contribution in [1.29, 1.82) is 0 Å². The van der Waals surface area contributed by atoms with Gasteiger partial charge in [0.15, 0.2) is 0 Å². The predicted molar refractivity (Wildman–Crippen MR) is 78.4 cm³/mol. The van der Waals surface area contributed by atoms with Crippen LogP contribution >= 0.6 is 10.1 Å². The van der Waals surface area contributed by atoms with Crippen LogP contribution in [0.5, 0.6) is 0 Å². The van der Waals surface area contributed by atoms with Crippen molar-refractivity contribution in [2.45, 2.75) is 0 Å². The molecule has 2 aromatic carbocycles. The van der Waals surface area contributed by atoms with Gasteiger partial charge in [-0.05, 0) is 0 Å². The van der Waals surface area contributed by atoms with E-state index in [0.717, 1.165) is 6.54 Å². The number of hydrogen-bond acceptors (Lipinski definition) is 2. The van der Waals surface area contributed by atoms with Gasteiger partial charge in [-0.1, -0.05) is 0 Å². The molecule has 0 bridgehead atoms. The van der Waals surface area contributed by atoms with Crippen LogP contribution in [0.1, 0.15) is 0 Å². The van der Waals surface area contributed by atoms with Crippen LogP contribution in [0.2, 0.25) is 0 Å². The molecule has 1 saturated heterocycles. The molecule has 3 heteroatoms. The fourth-order valence-electron chi connectivity index (χ4n) is 2.37. The molecule has 1 heterocycles. The second kappa shape index (κ2) is 4.88. The fourth-order valence-corrected chi connectivity index (χ4v) is 16.3. The van der Waals surface area contributed by atoms with Gasteiger partial charge < -0.3 is 0 Å². The maximum atomic E-state index is 3.85. The van der Waals surface area contributed by atoms with E-state index in [4.69, 9.17) is 0 Å². The van der Waals surface area contributed by atoms with E-state index < -0.39 is 12.3 Å². The topological polar surface area (TPSA) is 12.0 Å². The molecule has 1 aliphatic heterocycles. The Balaban J connectivity index is 2.11. The van der Waals surface area contributed by atoms with Crippen molar-refractivity contribution in [2.24, 2.45) is 0 Å². The predicted octanol–water partition coefficient (Wildman–Crippen LogP) is 1.58. The Morgan fingerprint density at radius 2 is 1.35 bits per heavy atom. The monoisotopic (exact) mass is 303 g/mol. The average molecular weight is 302 g/mol. The van der Waals surface area contributed by atoms with E-state index in [1.165, 1.54) is 14.5 Å². The van der Waals surface area contributed by atoms with Gasteiger partial charge in [0.25, 0.3) is 0 Å². The van der Waals surface area contributed by atoms with Gasteiger partial charge in [0.05, 0.1) is 0 Å². The third-order valence-electron chi connectivity index (χ3n) is 3.16. The summed E-state index contributed by atoms with van der Waals surface area (Å²) in [7, 11) is 2.17. The van der Waals surface area contributed by atoms with Gasteiger partial charge >= 0.3 is 108 Å². The molecule has 1 fully saturated rings. The van der Waals surface area contributed by atoms with Crippen LogP contribution in [0.3, 0.4) is 0 Å². The second-order valence-corrected chi connectivity index (χ2v) is 15.9. The molecule has 17 heavy (non-hydrogen) atoms. The van der Waals surface area contributed by atoms with Crippen molar-refractivity contribution in [2.75, 3.05) is 12.3 Å². The molecule has 0 amide bonds. The van der Waals surface area contributed by atoms with E-state index in [9.17, 15) is 0 Å². The van der Waals surface area contributed by atoms with Gasteiger partial charge in [-0.2, -0.15) is 0 Å². The molecule has 0 spiro atoms. The number of rotatable bonds is 2. The summed E-state index contributed by atoms with van der Waals surface area (Å²) in [4.78, 5) is 0. The van der Waals surface area contributed by atoms with Gasteiger partial charge in [-0.3, -0.25) is 0 Å². The zero-order chi connectivity index (χ0) is 11.6. The van der Waals surface area contributed by atoms with Crippen LogP contribution in [0.15, 0.2) is 60.7 Å². The number of nitrogens with one attached hydrogen (secondary N) is 1. The molecule has 0 aliphatic carbocycles. The van der Waals surface area contributed by atoms with Gasteiger partial charge in [0, 0.05) is 0 Å². The molecular formula is C14H15GeNS. The molecular weight excluding hydrogens is 287 g/mol. The quantitative estimate of drug-likeness (QED) is 0.845. The third kappa shape index (κ3) is 2.05. The first-order valence-corrected chi connectivity index (χ1v) is 12.6. The molecule has 0 atom stereocenters. The number of benzene rings is 2. The van der Waals surface area contributed by atoms with Crippen LogP contribution in [0, 0.1) is 0 Å². The minimum absolute atomic E-state index is 1.15. The SMILES string of the molecule is c1cc[c]([Ge]2([c]3ccccc3)[NH]CC[S]2)cc1. The van der Waals surface area contributed by atoms with Gasteiger partial charge in [-0.15, -0.1) is 0 Å². The van der Waals surface area contributed by atoms with Gasteiger partial charge in [0.2, 0.25) is 0 Å². The molecule has 2 aromatic rings. The van der Waals surface area contributed by atoms with Crippen LogP contribution < -0.4 is 13.1 Å². The standard InChI is InChI=1S/C14H15GeNS/c1-3-7-13(8-4-1)15(16-11-12-17-15)14-9-5-2-6-10-14/h1-10,16H,11-12H2. The molecule has 1 N–H and O–H groups in total. The summed E-state index contributed by atoms with van der Waals surface area (Å²) in [6.07, 6.45) is 0. The first-order valence-electron chi connectivity index (χ1n) is 5.92. The van der Waals surface area contributed by atoms with E-state index in [1.807, 2.05) is 0 Å². The van der Waals surface area contributed by atoms with Gasteiger partial charge in [-0.25, -0.2) is 0 Å². The summed E-state index contributed by atoms with van der Waals surface area (Å²) in [5, 5.41) is 0. The zero-order valence-corrected chi connectivity index (χ0v) is 12.5. The van der Waals surface area contributed by atoms with Crippen LogP contribution in [0.4, 0.5) is 0 Å². The van der Waals surface area contributed by atoms with E-state index in [2.05, 4.69) is 75.0 Å². The zero-order valence-electron chi connectivity index (χ0n) is 9.60. The molecule has 3 rings (SSSR count). The Labute approximate surface area is 108 Å². The average Bonchev–Trinajstić information content (AvgIpc) is 2.91. The van der Waals surface area contributed by atoms with Crippen molar-refractivity contribution in [3.63, 3.8) is 0 Å². The Morgan fingerprint density at radius 1 is 0.824 bits per heavy atom. The van der Waals surface area contributed by atoms with Crippen molar-refractivity contribution < 1.29 is 0 Å². The minimum atomic E-state index is -2.30. The van der Waals surface area contributed by atoms with E-state index >= 15 is 0 Å². The molecule has 0 saturated carbocycles. The fraction of sp³-hybridized carbons (Fsp3) is 0.143. The molecule has 0 radical (unpaired) electrons. The van der Waals surface area contributed by atoms with Crippen LogP contribution in [-0.2, 0) is 0 Å². The summed E-state index contributed by atoms with van der Waals surface area (Å²) in [6, 6.07) is 22.0. The summed E-state index contributed by atoms with van der Waals surface area (Å²) >= 11 is -2.30. The summed E-state index contributed by atoms with van der Waals surface area (Å²) in [6.45, 7) is 1.15. The molecule has 1 nitrogen and oxygen atoms in total. The van der Waals surface area contributed by atoms with Crippen molar-refractivity contribution >= 4 is 31.2 Å². The normalized spacial score (nSPS) is 18.1. The van der Waals surface area contributed by atoms with Gasteiger partial charge in [0.1, 0.15) is 0 Å². The van der Waals surface area contributed by atoms with Crippen LogP contribution in [-0.4, -0.2) is 24.6 Å².